The Morgan fingerprint density at radius 3 is 0.800 bits per heavy atom. The van der Waals surface area contributed by atoms with Gasteiger partial charge in [-0.05, 0) is 37.0 Å². The Balaban J connectivity index is 4.31. The van der Waals surface area contributed by atoms with Gasteiger partial charge < -0.3 is 14.2 Å². The first-order valence-corrected chi connectivity index (χ1v) is 29.2. The van der Waals surface area contributed by atoms with E-state index in [4.69, 9.17) is 14.2 Å². The number of ether oxygens (including phenoxy) is 3. The maximum Gasteiger partial charge on any atom is 0.306 e. The Hall–Kier alpha value is -1.59. The quantitative estimate of drug-likeness (QED) is 0.0344. The SMILES string of the molecule is CCC(C)CCCCCCCCCCCCCCCCC(=O)OC[C@H](COC(=O)CCCCCCCCCCCCC(C)CC)OC(=O)CCCCCCCCCCCCCCC(C)C. The normalized spacial score (nSPS) is 13.0. The van der Waals surface area contributed by atoms with E-state index in [0.29, 0.717) is 19.3 Å². The summed E-state index contributed by atoms with van der Waals surface area (Å²) in [5, 5.41) is 0. The van der Waals surface area contributed by atoms with Gasteiger partial charge in [0.15, 0.2) is 6.10 Å². The van der Waals surface area contributed by atoms with Gasteiger partial charge >= 0.3 is 17.9 Å². The molecule has 0 N–H and O–H groups in total. The van der Waals surface area contributed by atoms with Crippen LogP contribution in [0.4, 0.5) is 0 Å². The monoisotopic (exact) mass is 919 g/mol. The van der Waals surface area contributed by atoms with Crippen LogP contribution in [0.3, 0.4) is 0 Å². The Kier molecular flexibility index (Phi) is 49.1. The lowest BCUT2D eigenvalue weighted by Crippen LogP contribution is -2.30. The van der Waals surface area contributed by atoms with Crippen molar-refractivity contribution in [3.63, 3.8) is 0 Å². The van der Waals surface area contributed by atoms with Gasteiger partial charge in [-0.3, -0.25) is 14.4 Å². The highest BCUT2D eigenvalue weighted by molar-refractivity contribution is 5.71. The molecule has 0 amide bonds. The molecule has 0 aliphatic carbocycles. The van der Waals surface area contributed by atoms with Crippen LogP contribution in [0.15, 0.2) is 0 Å². The van der Waals surface area contributed by atoms with Crippen molar-refractivity contribution in [2.45, 2.75) is 330 Å². The third kappa shape index (κ3) is 50.1. The fourth-order valence-corrected chi connectivity index (χ4v) is 8.93. The highest BCUT2D eigenvalue weighted by Gasteiger charge is 2.19. The van der Waals surface area contributed by atoms with Crippen molar-refractivity contribution in [1.29, 1.82) is 0 Å². The van der Waals surface area contributed by atoms with E-state index in [1.807, 2.05) is 0 Å². The zero-order chi connectivity index (χ0) is 47.7. The maximum absolute atomic E-state index is 12.8. The Bertz CT molecular complexity index is 1010. The fourth-order valence-electron chi connectivity index (χ4n) is 8.93. The molecule has 0 saturated heterocycles. The highest BCUT2D eigenvalue weighted by Crippen LogP contribution is 2.19. The van der Waals surface area contributed by atoms with E-state index in [1.54, 1.807) is 0 Å². The molecule has 6 nitrogen and oxygen atoms in total. The number of hydrogen-bond acceptors (Lipinski definition) is 6. The van der Waals surface area contributed by atoms with Crippen molar-refractivity contribution >= 4 is 17.9 Å². The summed E-state index contributed by atoms with van der Waals surface area (Å²) in [5.41, 5.74) is 0. The van der Waals surface area contributed by atoms with Crippen LogP contribution < -0.4 is 0 Å². The zero-order valence-corrected chi connectivity index (χ0v) is 44.8. The highest BCUT2D eigenvalue weighted by atomic mass is 16.6. The second-order valence-electron chi connectivity index (χ2n) is 21.2. The van der Waals surface area contributed by atoms with E-state index < -0.39 is 6.10 Å². The maximum atomic E-state index is 12.8. The molecule has 386 valence electrons. The first-order valence-electron chi connectivity index (χ1n) is 29.2. The van der Waals surface area contributed by atoms with Crippen LogP contribution in [-0.4, -0.2) is 37.2 Å². The smallest absolute Gasteiger partial charge is 0.306 e. The molecule has 0 saturated carbocycles. The summed E-state index contributed by atoms with van der Waals surface area (Å²) in [4.78, 5) is 38.2. The molecule has 0 aromatic rings. The standard InChI is InChI=1S/C59H114O6/c1-7-54(5)46-40-34-28-22-16-11-9-10-12-17-24-30-36-42-48-57(60)63-51-56(52-64-58(61)49-43-37-31-25-20-19-23-29-35-41-47-55(6)8-2)65-59(62)50-44-38-32-26-18-14-13-15-21-27-33-39-45-53(3)4/h53-56H,7-52H2,1-6H3/t54?,55?,56-/m1/s1. The fraction of sp³-hybridized carbons (Fsp3) is 0.949. The molecule has 0 rings (SSSR count). The van der Waals surface area contributed by atoms with Crippen LogP contribution in [-0.2, 0) is 28.6 Å². The van der Waals surface area contributed by atoms with E-state index in [9.17, 15) is 14.4 Å². The molecule has 0 radical (unpaired) electrons. The van der Waals surface area contributed by atoms with Crippen molar-refractivity contribution in [3.8, 4) is 0 Å². The van der Waals surface area contributed by atoms with Crippen molar-refractivity contribution < 1.29 is 28.6 Å². The van der Waals surface area contributed by atoms with Crippen LogP contribution in [0, 0.1) is 17.8 Å². The predicted octanol–water partition coefficient (Wildman–Crippen LogP) is 19.1. The molecular weight excluding hydrogens is 805 g/mol. The lowest BCUT2D eigenvalue weighted by Gasteiger charge is -2.18. The van der Waals surface area contributed by atoms with Gasteiger partial charge in [0.25, 0.3) is 0 Å². The van der Waals surface area contributed by atoms with Crippen LogP contribution in [0.2, 0.25) is 0 Å². The van der Waals surface area contributed by atoms with Crippen LogP contribution in [0.5, 0.6) is 0 Å². The summed E-state index contributed by atoms with van der Waals surface area (Å²) in [5.74, 6) is 1.75. The minimum absolute atomic E-state index is 0.0636. The third-order valence-corrected chi connectivity index (χ3v) is 14.1. The van der Waals surface area contributed by atoms with E-state index >= 15 is 0 Å². The van der Waals surface area contributed by atoms with Gasteiger partial charge in [0, 0.05) is 19.3 Å². The molecule has 0 aliphatic rings. The summed E-state index contributed by atoms with van der Waals surface area (Å²) < 4.78 is 16.9. The largest absolute Gasteiger partial charge is 0.462 e. The van der Waals surface area contributed by atoms with Gasteiger partial charge in [0.2, 0.25) is 0 Å². The molecule has 65 heavy (non-hydrogen) atoms. The topological polar surface area (TPSA) is 78.9 Å². The predicted molar refractivity (Wildman–Crippen MR) is 279 cm³/mol. The third-order valence-electron chi connectivity index (χ3n) is 14.1. The number of esters is 3. The minimum Gasteiger partial charge on any atom is -0.462 e. The van der Waals surface area contributed by atoms with E-state index in [0.717, 1.165) is 75.5 Å². The number of rotatable bonds is 52. The lowest BCUT2D eigenvalue weighted by atomic mass is 9.99. The van der Waals surface area contributed by atoms with Gasteiger partial charge in [0.1, 0.15) is 13.2 Å². The van der Waals surface area contributed by atoms with Crippen molar-refractivity contribution in [1.82, 2.24) is 0 Å². The molecule has 2 unspecified atom stereocenters. The molecule has 0 aromatic carbocycles. The molecule has 6 heteroatoms. The zero-order valence-electron chi connectivity index (χ0n) is 44.8. The first-order chi connectivity index (χ1) is 31.7. The van der Waals surface area contributed by atoms with Gasteiger partial charge in [-0.1, -0.05) is 286 Å². The summed E-state index contributed by atoms with van der Waals surface area (Å²) in [6, 6.07) is 0. The summed E-state index contributed by atoms with van der Waals surface area (Å²) >= 11 is 0. The van der Waals surface area contributed by atoms with E-state index in [2.05, 4.69) is 41.5 Å². The van der Waals surface area contributed by atoms with Gasteiger partial charge in [-0.25, -0.2) is 0 Å². The van der Waals surface area contributed by atoms with Crippen molar-refractivity contribution in [3.05, 3.63) is 0 Å². The Labute approximate surface area is 406 Å². The van der Waals surface area contributed by atoms with Crippen molar-refractivity contribution in [2.24, 2.45) is 17.8 Å². The molecule has 0 bridgehead atoms. The lowest BCUT2D eigenvalue weighted by molar-refractivity contribution is -0.167. The molecule has 0 heterocycles. The molecule has 0 spiro atoms. The van der Waals surface area contributed by atoms with Crippen LogP contribution in [0.1, 0.15) is 324 Å². The first kappa shape index (κ1) is 63.4. The number of unbranched alkanes of at least 4 members (excludes halogenated alkanes) is 33. The molecule has 3 atom stereocenters. The molecule has 0 aromatic heterocycles. The molecule has 0 fully saturated rings. The minimum atomic E-state index is -0.764. The van der Waals surface area contributed by atoms with E-state index in [-0.39, 0.29) is 31.1 Å². The van der Waals surface area contributed by atoms with Gasteiger partial charge in [0.05, 0.1) is 0 Å². The van der Waals surface area contributed by atoms with Gasteiger partial charge in [-0.2, -0.15) is 0 Å². The van der Waals surface area contributed by atoms with Crippen LogP contribution >= 0.6 is 0 Å². The number of hydrogen-bond donors (Lipinski definition) is 0. The molecule has 0 aliphatic heterocycles. The molecular formula is C59H114O6. The average Bonchev–Trinajstić information content (AvgIpc) is 3.29. The number of carbonyl (C=O) groups excluding carboxylic acids is 3. The Morgan fingerprint density at radius 2 is 0.538 bits per heavy atom. The summed E-state index contributed by atoms with van der Waals surface area (Å²) in [6.45, 7) is 13.8. The van der Waals surface area contributed by atoms with Gasteiger partial charge in [-0.15, -0.1) is 0 Å². The van der Waals surface area contributed by atoms with Crippen LogP contribution in [0.25, 0.3) is 0 Å². The average molecular weight is 920 g/mol. The summed E-state index contributed by atoms with van der Waals surface area (Å²) in [6.07, 6.45) is 52.2. The summed E-state index contributed by atoms with van der Waals surface area (Å²) in [7, 11) is 0. The number of carbonyl (C=O) groups is 3. The Morgan fingerprint density at radius 1 is 0.308 bits per heavy atom. The second kappa shape index (κ2) is 50.3. The van der Waals surface area contributed by atoms with E-state index in [1.165, 1.54) is 205 Å². The second-order valence-corrected chi connectivity index (χ2v) is 21.2. The van der Waals surface area contributed by atoms with Crippen molar-refractivity contribution in [2.75, 3.05) is 13.2 Å².